The van der Waals surface area contributed by atoms with Crippen molar-refractivity contribution in [3.63, 3.8) is 0 Å². The molecule has 0 unspecified atom stereocenters. The molecule has 2 N–H and O–H groups in total. The molecule has 6 nitrogen and oxygen atoms in total. The second-order valence-electron chi connectivity index (χ2n) is 5.92. The van der Waals surface area contributed by atoms with E-state index in [-0.39, 0.29) is 11.7 Å². The van der Waals surface area contributed by atoms with Crippen LogP contribution in [-0.2, 0) is 9.53 Å². The van der Waals surface area contributed by atoms with Gasteiger partial charge in [-0.1, -0.05) is 18.2 Å². The monoisotopic (exact) mass is 350 g/mol. The zero-order chi connectivity index (χ0) is 18.7. The van der Waals surface area contributed by atoms with E-state index in [1.165, 1.54) is 19.1 Å². The second-order valence-corrected chi connectivity index (χ2v) is 5.92. The van der Waals surface area contributed by atoms with Gasteiger partial charge in [0, 0.05) is 35.3 Å². The molecule has 0 radical (unpaired) electrons. The van der Waals surface area contributed by atoms with Crippen LogP contribution in [0.1, 0.15) is 34.6 Å². The highest BCUT2D eigenvalue weighted by molar-refractivity contribution is 6.10. The predicted molar refractivity (Wildman–Crippen MR) is 98.3 cm³/mol. The normalized spacial score (nSPS) is 11.8. The number of aromatic nitrogens is 1. The fourth-order valence-electron chi connectivity index (χ4n) is 2.67. The number of carbonyl (C=O) groups is 3. The number of ether oxygens (including phenoxy) is 1. The van der Waals surface area contributed by atoms with E-state index in [1.54, 1.807) is 25.3 Å². The molecule has 0 saturated heterocycles. The first-order valence-electron chi connectivity index (χ1n) is 8.14. The van der Waals surface area contributed by atoms with Gasteiger partial charge in [-0.05, 0) is 37.3 Å². The molecule has 6 heteroatoms. The number of anilines is 1. The van der Waals surface area contributed by atoms with Crippen LogP contribution in [0.3, 0.4) is 0 Å². The first-order chi connectivity index (χ1) is 12.5. The molecule has 1 heterocycles. The third-order valence-electron chi connectivity index (χ3n) is 3.95. The Morgan fingerprint density at radius 3 is 2.42 bits per heavy atom. The summed E-state index contributed by atoms with van der Waals surface area (Å²) in [4.78, 5) is 38.9. The summed E-state index contributed by atoms with van der Waals surface area (Å²) in [7, 11) is 0. The van der Waals surface area contributed by atoms with E-state index < -0.39 is 12.1 Å². The third-order valence-corrected chi connectivity index (χ3v) is 3.95. The van der Waals surface area contributed by atoms with Gasteiger partial charge in [0.1, 0.15) is 0 Å². The molecule has 132 valence electrons. The summed E-state index contributed by atoms with van der Waals surface area (Å²) in [5.41, 5.74) is 2.22. The molecular formula is C20H18N2O4. The van der Waals surface area contributed by atoms with Gasteiger partial charge >= 0.3 is 5.97 Å². The Kier molecular flexibility index (Phi) is 4.84. The van der Waals surface area contributed by atoms with Gasteiger partial charge < -0.3 is 15.0 Å². The van der Waals surface area contributed by atoms with E-state index >= 15 is 0 Å². The maximum Gasteiger partial charge on any atom is 0.338 e. The molecular weight excluding hydrogens is 332 g/mol. The van der Waals surface area contributed by atoms with Gasteiger partial charge in [0.25, 0.3) is 0 Å². The maximum atomic E-state index is 12.6. The topological polar surface area (TPSA) is 88.3 Å². The van der Waals surface area contributed by atoms with E-state index in [0.717, 1.165) is 10.9 Å². The number of hydrogen-bond acceptors (Lipinski definition) is 4. The van der Waals surface area contributed by atoms with E-state index in [4.69, 9.17) is 4.74 Å². The Balaban J connectivity index is 1.70. The van der Waals surface area contributed by atoms with E-state index in [9.17, 15) is 14.4 Å². The molecule has 26 heavy (non-hydrogen) atoms. The molecule has 0 saturated carbocycles. The van der Waals surface area contributed by atoms with E-state index in [1.807, 2.05) is 24.3 Å². The Morgan fingerprint density at radius 1 is 1.04 bits per heavy atom. The molecule has 0 spiro atoms. The van der Waals surface area contributed by atoms with Crippen molar-refractivity contribution < 1.29 is 19.1 Å². The molecule has 0 aliphatic carbocycles. The van der Waals surface area contributed by atoms with Crippen LogP contribution in [0.5, 0.6) is 0 Å². The highest BCUT2D eigenvalue weighted by atomic mass is 16.5. The van der Waals surface area contributed by atoms with Gasteiger partial charge in [0.2, 0.25) is 11.7 Å². The van der Waals surface area contributed by atoms with Gasteiger partial charge in [0.05, 0.1) is 5.56 Å². The van der Waals surface area contributed by atoms with Crippen LogP contribution in [0.15, 0.2) is 54.7 Å². The van der Waals surface area contributed by atoms with Crippen LogP contribution in [-0.4, -0.2) is 28.7 Å². The van der Waals surface area contributed by atoms with Crippen molar-refractivity contribution in [3.8, 4) is 0 Å². The lowest BCUT2D eigenvalue weighted by molar-refractivity contribution is -0.114. The minimum Gasteiger partial charge on any atom is -0.451 e. The number of benzene rings is 2. The summed E-state index contributed by atoms with van der Waals surface area (Å²) in [6.07, 6.45) is 0.705. The highest BCUT2D eigenvalue weighted by Gasteiger charge is 2.22. The molecule has 3 aromatic rings. The lowest BCUT2D eigenvalue weighted by Gasteiger charge is -2.12. The number of rotatable bonds is 5. The summed E-state index contributed by atoms with van der Waals surface area (Å²) in [5.74, 6) is -1.07. The zero-order valence-electron chi connectivity index (χ0n) is 14.4. The summed E-state index contributed by atoms with van der Waals surface area (Å²) >= 11 is 0. The quantitative estimate of drug-likeness (QED) is 0.544. The van der Waals surface area contributed by atoms with Crippen molar-refractivity contribution in [2.45, 2.75) is 20.0 Å². The smallest absolute Gasteiger partial charge is 0.338 e. The number of Topliss-reactive ketones (excluding diaryl/α,β-unsaturated/α-hetero) is 1. The molecule has 0 fully saturated rings. The average Bonchev–Trinajstić information content (AvgIpc) is 3.05. The van der Waals surface area contributed by atoms with Gasteiger partial charge in [-0.25, -0.2) is 4.79 Å². The molecule has 2 aromatic carbocycles. The molecule has 1 aromatic heterocycles. The van der Waals surface area contributed by atoms with Gasteiger partial charge in [-0.3, -0.25) is 9.59 Å². The lowest BCUT2D eigenvalue weighted by atomic mass is 10.1. The minimum absolute atomic E-state index is 0.196. The number of nitrogens with one attached hydrogen (secondary N) is 2. The molecule has 0 aliphatic rings. The molecule has 3 rings (SSSR count). The van der Waals surface area contributed by atoms with Crippen LogP contribution in [0.25, 0.3) is 10.9 Å². The van der Waals surface area contributed by atoms with E-state index in [0.29, 0.717) is 16.8 Å². The lowest BCUT2D eigenvalue weighted by Crippen LogP contribution is -2.24. The molecule has 1 atom stereocenters. The number of H-pyrrole nitrogens is 1. The second kappa shape index (κ2) is 7.23. The number of amides is 1. The Hall–Kier alpha value is -3.41. The Labute approximate surface area is 150 Å². The Bertz CT molecular complexity index is 973. The van der Waals surface area contributed by atoms with Crippen LogP contribution < -0.4 is 5.32 Å². The van der Waals surface area contributed by atoms with Crippen LogP contribution in [0.4, 0.5) is 5.69 Å². The van der Waals surface area contributed by atoms with Crippen molar-refractivity contribution in [1.29, 1.82) is 0 Å². The van der Waals surface area contributed by atoms with Crippen LogP contribution in [0.2, 0.25) is 0 Å². The highest BCUT2D eigenvalue weighted by Crippen LogP contribution is 2.20. The van der Waals surface area contributed by atoms with Crippen molar-refractivity contribution in [3.05, 3.63) is 65.9 Å². The standard InChI is InChI=1S/C20H18N2O4/c1-12(19(24)17-11-21-18-6-4-3-5-16(17)18)26-20(25)14-7-9-15(10-8-14)22-13(2)23/h3-12,21H,1-2H3,(H,22,23)/t12-/m1/s1. The summed E-state index contributed by atoms with van der Waals surface area (Å²) in [6, 6.07) is 13.7. The summed E-state index contributed by atoms with van der Waals surface area (Å²) in [6.45, 7) is 2.95. The maximum absolute atomic E-state index is 12.6. The first-order valence-corrected chi connectivity index (χ1v) is 8.14. The van der Waals surface area contributed by atoms with Gasteiger partial charge in [-0.2, -0.15) is 0 Å². The SMILES string of the molecule is CC(=O)Nc1ccc(C(=O)O[C@H](C)C(=O)c2c[nH]c3ccccc23)cc1. The van der Waals surface area contributed by atoms with Crippen molar-refractivity contribution in [2.24, 2.45) is 0 Å². The zero-order valence-corrected chi connectivity index (χ0v) is 14.4. The fraction of sp³-hybridized carbons (Fsp3) is 0.150. The Morgan fingerprint density at radius 2 is 1.73 bits per heavy atom. The average molecular weight is 350 g/mol. The fourth-order valence-corrected chi connectivity index (χ4v) is 2.67. The van der Waals surface area contributed by atoms with E-state index in [2.05, 4.69) is 10.3 Å². The number of esters is 1. The first kappa shape index (κ1) is 17.4. The summed E-state index contributed by atoms with van der Waals surface area (Å²) in [5, 5.41) is 3.41. The molecule has 0 aliphatic heterocycles. The van der Waals surface area contributed by atoms with Crippen molar-refractivity contribution >= 4 is 34.3 Å². The molecule has 1 amide bonds. The number of hydrogen-bond donors (Lipinski definition) is 2. The van der Waals surface area contributed by atoms with Crippen LogP contribution >= 0.6 is 0 Å². The minimum atomic E-state index is -0.920. The number of aromatic amines is 1. The number of ketones is 1. The number of fused-ring (bicyclic) bond motifs is 1. The van der Waals surface area contributed by atoms with Gasteiger partial charge in [-0.15, -0.1) is 0 Å². The molecule has 0 bridgehead atoms. The van der Waals surface area contributed by atoms with Crippen molar-refractivity contribution in [2.75, 3.05) is 5.32 Å². The van der Waals surface area contributed by atoms with Gasteiger partial charge in [0.15, 0.2) is 6.10 Å². The largest absolute Gasteiger partial charge is 0.451 e. The number of carbonyl (C=O) groups excluding carboxylic acids is 3. The van der Waals surface area contributed by atoms with Crippen LogP contribution in [0, 0.1) is 0 Å². The summed E-state index contributed by atoms with van der Waals surface area (Å²) < 4.78 is 5.30. The number of para-hydroxylation sites is 1. The predicted octanol–water partition coefficient (Wildman–Crippen LogP) is 3.55. The van der Waals surface area contributed by atoms with Crippen molar-refractivity contribution in [1.82, 2.24) is 4.98 Å². The third kappa shape index (κ3) is 3.64.